The number of halogens is 2. The minimum Gasteiger partial charge on any atom is -0.350 e. The minimum atomic E-state index is -4.11. The van der Waals surface area contributed by atoms with Crippen molar-refractivity contribution in [1.82, 2.24) is 14.5 Å². The number of sulfonamides is 1. The van der Waals surface area contributed by atoms with Crippen LogP contribution < -0.4 is 5.32 Å². The van der Waals surface area contributed by atoms with E-state index in [2.05, 4.69) is 5.32 Å². The van der Waals surface area contributed by atoms with Crippen LogP contribution in [0.4, 0.5) is 0 Å². The Balaban J connectivity index is 1.69. The van der Waals surface area contributed by atoms with Gasteiger partial charge in [-0.25, -0.2) is 12.7 Å². The van der Waals surface area contributed by atoms with Gasteiger partial charge in [0.2, 0.25) is 11.8 Å². The summed E-state index contributed by atoms with van der Waals surface area (Å²) >= 11 is 12.9. The third-order valence-corrected chi connectivity index (χ3v) is 9.15. The molecule has 0 saturated heterocycles. The van der Waals surface area contributed by atoms with Crippen molar-refractivity contribution in [3.05, 3.63) is 99.5 Å². The number of benzene rings is 3. The summed E-state index contributed by atoms with van der Waals surface area (Å²) < 4.78 is 26.9. The summed E-state index contributed by atoms with van der Waals surface area (Å²) in [6, 6.07) is 19.1. The Hall–Kier alpha value is -3.40. The topological polar surface area (TPSA) is 104 Å². The van der Waals surface area contributed by atoms with E-state index in [4.69, 9.17) is 23.2 Å². The molecule has 1 aliphatic rings. The molecule has 0 aromatic heterocycles. The first-order chi connectivity index (χ1) is 19.3. The monoisotopic (exact) mass is 615 g/mol. The molecule has 11 heteroatoms. The van der Waals surface area contributed by atoms with Crippen molar-refractivity contribution >= 4 is 50.9 Å². The molecule has 1 heterocycles. The summed E-state index contributed by atoms with van der Waals surface area (Å²) in [5.41, 5.74) is 0.733. The average molecular weight is 617 g/mol. The fraction of sp³-hybridized carbons (Fsp3) is 0.300. The third-order valence-electron chi connectivity index (χ3n) is 6.60. The van der Waals surface area contributed by atoms with Crippen LogP contribution >= 0.6 is 23.2 Å². The van der Waals surface area contributed by atoms with Gasteiger partial charge < -0.3 is 10.2 Å². The molecule has 3 aromatic carbocycles. The van der Waals surface area contributed by atoms with Crippen LogP contribution in [-0.2, 0) is 32.6 Å². The van der Waals surface area contributed by atoms with Gasteiger partial charge in [-0.3, -0.25) is 14.4 Å². The quantitative estimate of drug-likeness (QED) is 0.361. The number of hydrogen-bond donors (Lipinski definition) is 1. The van der Waals surface area contributed by atoms with Crippen molar-refractivity contribution in [3.63, 3.8) is 0 Å². The number of carbonyl (C=O) groups is 3. The van der Waals surface area contributed by atoms with E-state index >= 15 is 0 Å². The number of nitrogens with zero attached hydrogens (tertiary/aromatic N) is 2. The van der Waals surface area contributed by atoms with Crippen LogP contribution in [0.1, 0.15) is 48.7 Å². The predicted octanol–water partition coefficient (Wildman–Crippen LogP) is 5.08. The van der Waals surface area contributed by atoms with Crippen LogP contribution in [0.3, 0.4) is 0 Å². The lowest BCUT2D eigenvalue weighted by Gasteiger charge is -2.34. The maximum atomic E-state index is 13.9. The van der Waals surface area contributed by atoms with E-state index in [1.165, 1.54) is 23.1 Å². The highest BCUT2D eigenvalue weighted by Gasteiger charge is 2.41. The number of rotatable bonds is 9. The molecular weight excluding hydrogens is 585 g/mol. The van der Waals surface area contributed by atoms with Crippen LogP contribution in [-0.4, -0.2) is 53.5 Å². The third kappa shape index (κ3) is 6.92. The van der Waals surface area contributed by atoms with Gasteiger partial charge in [0.05, 0.1) is 5.56 Å². The van der Waals surface area contributed by atoms with Crippen molar-refractivity contribution in [1.29, 1.82) is 0 Å². The number of fused-ring (bicyclic) bond motifs is 1. The van der Waals surface area contributed by atoms with Crippen molar-refractivity contribution in [2.24, 2.45) is 0 Å². The minimum absolute atomic E-state index is 0.0613. The highest BCUT2D eigenvalue weighted by molar-refractivity contribution is 7.90. The standard InChI is InChI=1S/C30H31Cl2N3O5S/c1-30(2,3)33-28(37)25(18-20-10-5-4-6-11-20)34(19-22-23(31)13-9-14-24(22)32)27(36)16-17-35-29(38)21-12-7-8-15-26(21)41(35,39)40/h4-15,25H,16-19H2,1-3H3,(H,33,37). The molecule has 0 radical (unpaired) electrons. The second kappa shape index (κ2) is 12.2. The number of carbonyl (C=O) groups excluding carboxylic acids is 3. The highest BCUT2D eigenvalue weighted by atomic mass is 35.5. The van der Waals surface area contributed by atoms with Gasteiger partial charge in [-0.05, 0) is 50.6 Å². The summed E-state index contributed by atoms with van der Waals surface area (Å²) in [4.78, 5) is 41.9. The molecule has 41 heavy (non-hydrogen) atoms. The normalized spacial score (nSPS) is 14.9. The summed E-state index contributed by atoms with van der Waals surface area (Å²) in [5, 5.41) is 3.59. The molecule has 1 N–H and O–H groups in total. The largest absolute Gasteiger partial charge is 0.350 e. The second-order valence-corrected chi connectivity index (χ2v) is 13.4. The number of hydrogen-bond acceptors (Lipinski definition) is 5. The van der Waals surface area contributed by atoms with E-state index < -0.39 is 39.3 Å². The van der Waals surface area contributed by atoms with E-state index in [9.17, 15) is 22.8 Å². The van der Waals surface area contributed by atoms with Gasteiger partial charge in [0.25, 0.3) is 15.9 Å². The summed E-state index contributed by atoms with van der Waals surface area (Å²) in [7, 11) is -4.11. The van der Waals surface area contributed by atoms with E-state index in [0.717, 1.165) is 5.56 Å². The van der Waals surface area contributed by atoms with E-state index in [1.54, 1.807) is 24.3 Å². The zero-order valence-electron chi connectivity index (χ0n) is 22.9. The zero-order valence-corrected chi connectivity index (χ0v) is 25.3. The predicted molar refractivity (Wildman–Crippen MR) is 158 cm³/mol. The zero-order chi connectivity index (χ0) is 29.9. The molecule has 3 aromatic rings. The molecule has 216 valence electrons. The van der Waals surface area contributed by atoms with Gasteiger partial charge >= 0.3 is 0 Å². The van der Waals surface area contributed by atoms with Gasteiger partial charge in [-0.1, -0.05) is 71.7 Å². The molecule has 1 atom stereocenters. The fourth-order valence-electron chi connectivity index (χ4n) is 4.65. The van der Waals surface area contributed by atoms with E-state index in [0.29, 0.717) is 19.9 Å². The van der Waals surface area contributed by atoms with Gasteiger partial charge in [-0.2, -0.15) is 0 Å². The summed E-state index contributed by atoms with van der Waals surface area (Å²) in [6.45, 7) is 5.02. The Morgan fingerprint density at radius 3 is 2.15 bits per heavy atom. The Morgan fingerprint density at radius 2 is 1.54 bits per heavy atom. The van der Waals surface area contributed by atoms with Crippen molar-refractivity contribution in [2.45, 2.75) is 56.6 Å². The van der Waals surface area contributed by atoms with Crippen LogP contribution in [0.5, 0.6) is 0 Å². The lowest BCUT2D eigenvalue weighted by atomic mass is 10.0. The average Bonchev–Trinajstić information content (AvgIpc) is 3.10. The van der Waals surface area contributed by atoms with Gasteiger partial charge in [-0.15, -0.1) is 0 Å². The molecule has 0 bridgehead atoms. The molecular formula is C30H31Cl2N3O5S. The lowest BCUT2D eigenvalue weighted by molar-refractivity contribution is -0.142. The maximum absolute atomic E-state index is 13.9. The van der Waals surface area contributed by atoms with Gasteiger partial charge in [0.1, 0.15) is 10.9 Å². The fourth-order valence-corrected chi connectivity index (χ4v) is 6.74. The summed E-state index contributed by atoms with van der Waals surface area (Å²) in [5.74, 6) is -1.62. The molecule has 1 aliphatic heterocycles. The lowest BCUT2D eigenvalue weighted by Crippen LogP contribution is -2.54. The molecule has 0 fully saturated rings. The first kappa shape index (κ1) is 30.6. The molecule has 3 amide bonds. The smallest absolute Gasteiger partial charge is 0.269 e. The van der Waals surface area contributed by atoms with Crippen molar-refractivity contribution < 1.29 is 22.8 Å². The Kier molecular flexibility index (Phi) is 9.11. The highest BCUT2D eigenvalue weighted by Crippen LogP contribution is 2.31. The second-order valence-electron chi connectivity index (χ2n) is 10.8. The molecule has 0 aliphatic carbocycles. The number of nitrogens with one attached hydrogen (secondary N) is 1. The molecule has 4 rings (SSSR count). The first-order valence-corrected chi connectivity index (χ1v) is 15.2. The van der Waals surface area contributed by atoms with Crippen LogP contribution in [0.25, 0.3) is 0 Å². The van der Waals surface area contributed by atoms with Crippen LogP contribution in [0.2, 0.25) is 10.0 Å². The molecule has 0 spiro atoms. The van der Waals surface area contributed by atoms with Crippen LogP contribution in [0, 0.1) is 0 Å². The SMILES string of the molecule is CC(C)(C)NC(=O)C(Cc1ccccc1)N(Cc1c(Cl)cccc1Cl)C(=O)CCN1C(=O)c2ccccc2S1(=O)=O. The Labute approximate surface area is 250 Å². The van der Waals surface area contributed by atoms with Gasteiger partial charge in [0.15, 0.2) is 0 Å². The summed E-state index contributed by atoms with van der Waals surface area (Å²) in [6.07, 6.45) is -0.169. The van der Waals surface area contributed by atoms with E-state index in [-0.39, 0.29) is 36.4 Å². The molecule has 1 unspecified atom stereocenters. The Morgan fingerprint density at radius 1 is 0.927 bits per heavy atom. The van der Waals surface area contributed by atoms with Crippen LogP contribution in [0.15, 0.2) is 77.7 Å². The van der Waals surface area contributed by atoms with Crippen molar-refractivity contribution in [2.75, 3.05) is 6.54 Å². The first-order valence-electron chi connectivity index (χ1n) is 13.0. The Bertz CT molecular complexity index is 1550. The van der Waals surface area contributed by atoms with Crippen molar-refractivity contribution in [3.8, 4) is 0 Å². The van der Waals surface area contributed by atoms with Gasteiger partial charge in [0, 0.05) is 47.1 Å². The molecule has 8 nitrogen and oxygen atoms in total. The maximum Gasteiger partial charge on any atom is 0.269 e. The van der Waals surface area contributed by atoms with E-state index in [1.807, 2.05) is 51.1 Å². The number of amides is 3. The molecule has 0 saturated carbocycles.